The summed E-state index contributed by atoms with van der Waals surface area (Å²) in [5, 5.41) is -0.295. The third-order valence-corrected chi connectivity index (χ3v) is 9.83. The number of Topliss-reactive ketones (excluding diaryl/α,β-unsaturated/α-hetero) is 1. The van der Waals surface area contributed by atoms with E-state index in [9.17, 15) is 17.6 Å². The number of halogens is 2. The Labute approximate surface area is 176 Å². The van der Waals surface area contributed by atoms with Gasteiger partial charge >= 0.3 is 0 Å². The first-order chi connectivity index (χ1) is 13.7. The lowest BCUT2D eigenvalue weighted by Crippen LogP contribution is -2.48. The van der Waals surface area contributed by atoms with Crippen LogP contribution < -0.4 is 4.74 Å². The summed E-state index contributed by atoms with van der Waals surface area (Å²) in [6.45, 7) is 0.527. The summed E-state index contributed by atoms with van der Waals surface area (Å²) in [5.74, 6) is 0.441. The largest absolute Gasteiger partial charge is 0.491 e. The zero-order valence-corrected chi connectivity index (χ0v) is 17.9. The molecule has 5 aliphatic carbocycles. The average Bonchev–Trinajstić information content (AvgIpc) is 3.46. The van der Waals surface area contributed by atoms with Crippen molar-refractivity contribution < 1.29 is 22.3 Å². The summed E-state index contributed by atoms with van der Waals surface area (Å²) in [6.07, 6.45) is 8.71. The number of hydrogen-bond acceptors (Lipinski definition) is 4. The van der Waals surface area contributed by atoms with Crippen molar-refractivity contribution in [1.29, 1.82) is 0 Å². The fourth-order valence-corrected chi connectivity index (χ4v) is 8.19. The van der Waals surface area contributed by atoms with Crippen LogP contribution in [0, 0.1) is 29.0 Å². The van der Waals surface area contributed by atoms with Gasteiger partial charge in [0.1, 0.15) is 17.3 Å². The van der Waals surface area contributed by atoms with Crippen LogP contribution in [-0.4, -0.2) is 31.8 Å². The molecule has 4 nitrogen and oxygen atoms in total. The highest BCUT2D eigenvalue weighted by molar-refractivity contribution is 7.93. The molecule has 4 bridgehead atoms. The van der Waals surface area contributed by atoms with E-state index in [1.165, 1.54) is 44.6 Å². The fraction of sp³-hybridized carbons (Fsp3) is 0.682. The zero-order chi connectivity index (χ0) is 20.4. The topological polar surface area (TPSA) is 60.4 Å². The van der Waals surface area contributed by atoms with E-state index in [2.05, 4.69) is 0 Å². The maximum Gasteiger partial charge on any atom is 0.180 e. The highest BCUT2D eigenvalue weighted by atomic mass is 35.5. The van der Waals surface area contributed by atoms with Gasteiger partial charge in [-0.05, 0) is 75.2 Å². The van der Waals surface area contributed by atoms with Crippen molar-refractivity contribution in [3.05, 3.63) is 28.5 Å². The van der Waals surface area contributed by atoms with Crippen LogP contribution in [0.15, 0.2) is 12.1 Å². The summed E-state index contributed by atoms with van der Waals surface area (Å²) in [5.41, 5.74) is -0.108. The second-order valence-electron chi connectivity index (χ2n) is 9.90. The van der Waals surface area contributed by atoms with Crippen LogP contribution >= 0.6 is 11.6 Å². The van der Waals surface area contributed by atoms with E-state index in [1.54, 1.807) is 0 Å². The van der Waals surface area contributed by atoms with E-state index >= 15 is 0 Å². The number of carbonyl (C=O) groups is 1. The molecular formula is C22H26ClFO4S. The van der Waals surface area contributed by atoms with Crippen LogP contribution in [0.3, 0.4) is 0 Å². The molecular weight excluding hydrogens is 415 g/mol. The summed E-state index contributed by atoms with van der Waals surface area (Å²) >= 11 is 6.28. The lowest BCUT2D eigenvalue weighted by molar-refractivity contribution is -0.0745. The number of rotatable bonds is 7. The van der Waals surface area contributed by atoms with Gasteiger partial charge in [0.15, 0.2) is 15.6 Å². The van der Waals surface area contributed by atoms with Crippen molar-refractivity contribution in [3.8, 4) is 5.75 Å². The highest BCUT2D eigenvalue weighted by Crippen LogP contribution is 2.60. The van der Waals surface area contributed by atoms with E-state index in [0.29, 0.717) is 19.4 Å². The minimum absolute atomic E-state index is 0.156. The fourth-order valence-electron chi connectivity index (χ4n) is 6.36. The van der Waals surface area contributed by atoms with Gasteiger partial charge in [-0.1, -0.05) is 11.6 Å². The first-order valence-electron chi connectivity index (χ1n) is 10.6. The van der Waals surface area contributed by atoms with E-state index in [1.807, 2.05) is 0 Å². The molecule has 1 aromatic carbocycles. The van der Waals surface area contributed by atoms with Crippen molar-refractivity contribution in [3.63, 3.8) is 0 Å². The van der Waals surface area contributed by atoms with Crippen LogP contribution in [0.1, 0.15) is 61.7 Å². The van der Waals surface area contributed by atoms with E-state index in [0.717, 1.165) is 23.8 Å². The molecule has 0 spiro atoms. The maximum absolute atomic E-state index is 14.6. The number of sulfone groups is 1. The normalized spacial score (nSPS) is 33.1. The molecule has 0 amide bonds. The first kappa shape index (κ1) is 19.8. The standard InChI is InChI=1S/C22H26ClFO4S/c23-18-6-17(20(25)11-29(26,27)16-1-2-16)19(24)7-21(18)28-12-22-8-13-3-14(9-22)5-15(4-13)10-22/h6-7,13-16H,1-5,8-12H2. The summed E-state index contributed by atoms with van der Waals surface area (Å²) in [4.78, 5) is 12.3. The van der Waals surface area contributed by atoms with Gasteiger partial charge in [0.2, 0.25) is 0 Å². The van der Waals surface area contributed by atoms with Crippen molar-refractivity contribution in [2.24, 2.45) is 23.2 Å². The van der Waals surface area contributed by atoms with Crippen LogP contribution in [0.2, 0.25) is 5.02 Å². The predicted octanol–water partition coefficient (Wildman–Crippen LogP) is 4.83. The number of carbonyl (C=O) groups excluding carboxylic acids is 1. The first-order valence-corrected chi connectivity index (χ1v) is 12.7. The Kier molecular flexibility index (Phi) is 4.74. The number of ether oxygens (including phenoxy) is 1. The van der Waals surface area contributed by atoms with Crippen molar-refractivity contribution >= 4 is 27.2 Å². The van der Waals surface area contributed by atoms with Gasteiger partial charge in [-0.25, -0.2) is 12.8 Å². The van der Waals surface area contributed by atoms with Crippen LogP contribution in [0.25, 0.3) is 0 Å². The van der Waals surface area contributed by atoms with Crippen molar-refractivity contribution in [2.75, 3.05) is 12.4 Å². The molecule has 5 fully saturated rings. The Hall–Kier alpha value is -1.14. The predicted molar refractivity (Wildman–Crippen MR) is 109 cm³/mol. The number of hydrogen-bond donors (Lipinski definition) is 0. The number of benzene rings is 1. The third kappa shape index (κ3) is 3.83. The molecule has 0 radical (unpaired) electrons. The van der Waals surface area contributed by atoms with Crippen LogP contribution in [-0.2, 0) is 9.84 Å². The molecule has 0 saturated heterocycles. The Balaban J connectivity index is 1.29. The molecule has 5 saturated carbocycles. The minimum Gasteiger partial charge on any atom is -0.491 e. The monoisotopic (exact) mass is 440 g/mol. The molecule has 0 atom stereocenters. The smallest absolute Gasteiger partial charge is 0.180 e. The number of ketones is 1. The molecule has 29 heavy (non-hydrogen) atoms. The molecule has 0 unspecified atom stereocenters. The summed E-state index contributed by atoms with van der Waals surface area (Å²) < 4.78 is 44.7. The Bertz CT molecular complexity index is 919. The Morgan fingerprint density at radius 2 is 1.69 bits per heavy atom. The molecule has 7 heteroatoms. The van der Waals surface area contributed by atoms with Crippen LogP contribution in [0.5, 0.6) is 5.75 Å². The van der Waals surface area contributed by atoms with Crippen molar-refractivity contribution in [1.82, 2.24) is 0 Å². The summed E-state index contributed by atoms with van der Waals surface area (Å²) in [7, 11) is -3.50. The molecule has 1 aromatic rings. The molecule has 6 rings (SSSR count). The van der Waals surface area contributed by atoms with Gasteiger partial charge in [0.05, 0.1) is 22.4 Å². The second kappa shape index (κ2) is 6.94. The minimum atomic E-state index is -3.50. The Morgan fingerprint density at radius 3 is 2.24 bits per heavy atom. The Morgan fingerprint density at radius 1 is 1.10 bits per heavy atom. The van der Waals surface area contributed by atoms with Gasteiger partial charge in [0, 0.05) is 11.5 Å². The van der Waals surface area contributed by atoms with E-state index in [4.69, 9.17) is 16.3 Å². The summed E-state index contributed by atoms with van der Waals surface area (Å²) in [6, 6.07) is 2.36. The third-order valence-electron chi connectivity index (χ3n) is 7.39. The molecule has 0 aromatic heterocycles. The zero-order valence-electron chi connectivity index (χ0n) is 16.3. The molecule has 0 aliphatic heterocycles. The van der Waals surface area contributed by atoms with Gasteiger partial charge in [-0.3, -0.25) is 4.79 Å². The van der Waals surface area contributed by atoms with Crippen LogP contribution in [0.4, 0.5) is 4.39 Å². The average molecular weight is 441 g/mol. The van der Waals surface area contributed by atoms with Gasteiger partial charge in [0.25, 0.3) is 0 Å². The van der Waals surface area contributed by atoms with E-state index in [-0.39, 0.29) is 21.8 Å². The second-order valence-corrected chi connectivity index (χ2v) is 12.6. The van der Waals surface area contributed by atoms with Gasteiger partial charge < -0.3 is 4.74 Å². The highest BCUT2D eigenvalue weighted by Gasteiger charge is 2.51. The van der Waals surface area contributed by atoms with E-state index < -0.39 is 32.4 Å². The SMILES string of the molecule is O=C(CS(=O)(=O)C1CC1)c1cc(Cl)c(OCC23CC4CC(CC(C4)C2)C3)cc1F. The molecule has 158 valence electrons. The van der Waals surface area contributed by atoms with Gasteiger partial charge in [-0.2, -0.15) is 0 Å². The van der Waals surface area contributed by atoms with Gasteiger partial charge in [-0.15, -0.1) is 0 Å². The maximum atomic E-state index is 14.6. The molecule has 0 heterocycles. The lowest BCUT2D eigenvalue weighted by atomic mass is 9.50. The molecule has 5 aliphatic rings. The quantitative estimate of drug-likeness (QED) is 0.569. The van der Waals surface area contributed by atoms with Crippen molar-refractivity contribution in [2.45, 2.75) is 56.6 Å². The lowest BCUT2D eigenvalue weighted by Gasteiger charge is -2.56. The molecule has 0 N–H and O–H groups in total.